The molecule has 278 valence electrons. The van der Waals surface area contributed by atoms with Gasteiger partial charge in [-0.3, -0.25) is 4.99 Å². The van der Waals surface area contributed by atoms with E-state index < -0.39 is 0 Å². The van der Waals surface area contributed by atoms with Crippen molar-refractivity contribution in [3.63, 3.8) is 0 Å². The van der Waals surface area contributed by atoms with Crippen molar-refractivity contribution in [2.24, 2.45) is 9.98 Å². The van der Waals surface area contributed by atoms with Crippen LogP contribution in [0.5, 0.6) is 0 Å². The van der Waals surface area contributed by atoms with Crippen LogP contribution in [0.2, 0.25) is 0 Å². The second-order valence-corrected chi connectivity index (χ2v) is 16.4. The summed E-state index contributed by atoms with van der Waals surface area (Å²) in [6.07, 6.45) is 28.0. The van der Waals surface area contributed by atoms with Crippen LogP contribution in [-0.4, -0.2) is 23.6 Å². The van der Waals surface area contributed by atoms with Crippen LogP contribution in [-0.2, 0) is 6.42 Å². The summed E-state index contributed by atoms with van der Waals surface area (Å²) < 4.78 is 13.3. The van der Waals surface area contributed by atoms with Crippen LogP contribution in [0, 0.1) is 0 Å². The third kappa shape index (κ3) is 5.43. The van der Waals surface area contributed by atoms with Crippen molar-refractivity contribution >= 4 is 61.4 Å². The molecule has 12 rings (SSSR count). The molecule has 0 spiro atoms. The Morgan fingerprint density at radius 2 is 1.51 bits per heavy atom. The Morgan fingerprint density at radius 3 is 2.40 bits per heavy atom. The van der Waals surface area contributed by atoms with Gasteiger partial charge < -0.3 is 13.7 Å². The maximum absolute atomic E-state index is 6.76. The highest BCUT2D eigenvalue weighted by molar-refractivity contribution is 6.29. The van der Waals surface area contributed by atoms with E-state index in [0.29, 0.717) is 12.0 Å². The summed E-state index contributed by atoms with van der Waals surface area (Å²) in [5.41, 5.74) is 15.3. The molecule has 2 aliphatic heterocycles. The molecular weight excluding hydrogens is 699 g/mol. The second kappa shape index (κ2) is 13.2. The van der Waals surface area contributed by atoms with Crippen LogP contribution in [0.3, 0.4) is 0 Å². The maximum atomic E-state index is 6.76. The van der Waals surface area contributed by atoms with Gasteiger partial charge >= 0.3 is 0 Å². The molecule has 3 unspecified atom stereocenters. The summed E-state index contributed by atoms with van der Waals surface area (Å²) in [6.45, 7) is 0. The van der Waals surface area contributed by atoms with Gasteiger partial charge in [0, 0.05) is 68.7 Å². The van der Waals surface area contributed by atoms with E-state index in [9.17, 15) is 0 Å². The number of para-hydroxylation sites is 2. The minimum absolute atomic E-state index is 0.0117. The van der Waals surface area contributed by atoms with Gasteiger partial charge in [0.05, 0.1) is 11.8 Å². The quantitative estimate of drug-likeness (QED) is 0.177. The van der Waals surface area contributed by atoms with Crippen molar-refractivity contribution in [3.05, 3.63) is 173 Å². The molecule has 6 aliphatic rings. The van der Waals surface area contributed by atoms with Crippen LogP contribution < -0.4 is 4.90 Å². The largest absolute Gasteiger partial charge is 0.456 e. The molecule has 0 N–H and O–H groups in total. The molecule has 4 aromatic carbocycles. The second-order valence-electron chi connectivity index (χ2n) is 16.4. The minimum atomic E-state index is -0.0117. The van der Waals surface area contributed by atoms with Gasteiger partial charge in [0.25, 0.3) is 0 Å². The number of benzene rings is 4. The number of hydrogen-bond donors (Lipinski definition) is 0. The van der Waals surface area contributed by atoms with Gasteiger partial charge in [0.1, 0.15) is 22.5 Å². The average molecular weight is 742 g/mol. The Labute approximate surface area is 332 Å². The summed E-state index contributed by atoms with van der Waals surface area (Å²) in [4.78, 5) is 13.2. The summed E-state index contributed by atoms with van der Waals surface area (Å²) >= 11 is 0. The third-order valence-corrected chi connectivity index (χ3v) is 13.1. The van der Waals surface area contributed by atoms with Crippen LogP contribution in [0.25, 0.3) is 38.5 Å². The molecule has 5 heteroatoms. The predicted molar refractivity (Wildman–Crippen MR) is 234 cm³/mol. The molecule has 0 saturated carbocycles. The van der Waals surface area contributed by atoms with E-state index in [1.807, 2.05) is 0 Å². The van der Waals surface area contributed by atoms with Crippen molar-refractivity contribution in [1.82, 2.24) is 0 Å². The van der Waals surface area contributed by atoms with Crippen molar-refractivity contribution in [2.75, 3.05) is 4.90 Å². The Balaban J connectivity index is 0.913. The Morgan fingerprint density at radius 1 is 0.667 bits per heavy atom. The molecule has 0 amide bonds. The molecule has 2 aromatic heterocycles. The van der Waals surface area contributed by atoms with Gasteiger partial charge in [0.2, 0.25) is 0 Å². The van der Waals surface area contributed by atoms with E-state index in [1.165, 1.54) is 44.6 Å². The fraction of sp³-hybridized carbons (Fsp3) is 0.231. The molecule has 3 atom stereocenters. The Bertz CT molecular complexity index is 2920. The number of aryl methyl sites for hydroxylation is 1. The van der Waals surface area contributed by atoms with Crippen LogP contribution in [0.15, 0.2) is 169 Å². The van der Waals surface area contributed by atoms with Crippen molar-refractivity contribution < 1.29 is 8.83 Å². The molecule has 0 radical (unpaired) electrons. The lowest BCUT2D eigenvalue weighted by Gasteiger charge is -2.33. The standard InChI is InChI=1S/C52H43N3O2/c1-3-12-32(13-4-1)34-23-27-47-43(28-34)37-16-7-9-20-46(37)55(47)36-24-26-40-39-25-22-35(29-49(39)56-50(40)30-36)52-53-44(33-14-5-2-6-15-33)31-45(54-52)42-19-11-18-41-38-17-8-10-21-48(38)57-51(41)42/h3,5,7-10,12-17,19-26,29-30,43-44,47H,1-2,4,6,11,18,27-28,31H2. The SMILES string of the molecule is C1=CC(C2=CCC3C(C2)c2ccccc2N3c2ccc3c(c2)oc2cc(C4=NC(C5=CCCC=C5)CC(C5=CCCc6c5oc5ccccc65)=N4)ccc23)=CCC1. The fourth-order valence-corrected chi connectivity index (χ4v) is 10.4. The lowest BCUT2D eigenvalue weighted by Crippen LogP contribution is -2.32. The van der Waals surface area contributed by atoms with Crippen molar-refractivity contribution in [3.8, 4) is 0 Å². The van der Waals surface area contributed by atoms with Gasteiger partial charge in [0.15, 0.2) is 5.84 Å². The molecule has 0 fully saturated rings. The van der Waals surface area contributed by atoms with Crippen molar-refractivity contribution in [1.29, 1.82) is 0 Å². The van der Waals surface area contributed by atoms with Gasteiger partial charge in [-0.1, -0.05) is 91.1 Å². The first-order chi connectivity index (χ1) is 28.2. The lowest BCUT2D eigenvalue weighted by atomic mass is 9.79. The first-order valence-corrected chi connectivity index (χ1v) is 20.9. The van der Waals surface area contributed by atoms with Gasteiger partial charge in [-0.05, 0) is 110 Å². The molecule has 6 aromatic rings. The number of fused-ring (bicyclic) bond motifs is 9. The van der Waals surface area contributed by atoms with E-state index in [-0.39, 0.29) is 6.04 Å². The number of nitrogens with zero attached hydrogens (tertiary/aromatic N) is 3. The average Bonchev–Trinajstić information content (AvgIpc) is 3.95. The Kier molecular flexibility index (Phi) is 7.64. The van der Waals surface area contributed by atoms with Crippen LogP contribution in [0.1, 0.15) is 79.7 Å². The number of rotatable bonds is 5. The smallest absolute Gasteiger partial charge is 0.155 e. The zero-order valence-corrected chi connectivity index (χ0v) is 32.0. The molecule has 0 bridgehead atoms. The summed E-state index contributed by atoms with van der Waals surface area (Å²) in [5, 5.41) is 3.44. The normalized spacial score (nSPS) is 22.7. The number of aliphatic imine (C=N–C) groups is 2. The highest BCUT2D eigenvalue weighted by Crippen LogP contribution is 2.52. The highest BCUT2D eigenvalue weighted by atomic mass is 16.3. The molecule has 0 saturated heterocycles. The molecule has 57 heavy (non-hydrogen) atoms. The summed E-state index contributed by atoms with van der Waals surface area (Å²) in [5.74, 6) is 2.17. The van der Waals surface area contributed by atoms with Crippen molar-refractivity contribution in [2.45, 2.75) is 75.8 Å². The predicted octanol–water partition coefficient (Wildman–Crippen LogP) is 13.2. The van der Waals surface area contributed by atoms with E-state index in [4.69, 9.17) is 18.8 Å². The maximum Gasteiger partial charge on any atom is 0.155 e. The zero-order chi connectivity index (χ0) is 37.5. The first-order valence-electron chi connectivity index (χ1n) is 20.9. The summed E-state index contributed by atoms with van der Waals surface area (Å²) in [7, 11) is 0. The number of anilines is 2. The van der Waals surface area contributed by atoms with Gasteiger partial charge in [-0.15, -0.1) is 0 Å². The molecule has 5 nitrogen and oxygen atoms in total. The molecular formula is C52H43N3O2. The minimum Gasteiger partial charge on any atom is -0.456 e. The van der Waals surface area contributed by atoms with Gasteiger partial charge in [-0.2, -0.15) is 0 Å². The third-order valence-electron chi connectivity index (χ3n) is 13.1. The number of furan rings is 2. The van der Waals surface area contributed by atoms with Crippen LogP contribution >= 0.6 is 0 Å². The van der Waals surface area contributed by atoms with E-state index in [0.717, 1.165) is 114 Å². The highest BCUT2D eigenvalue weighted by Gasteiger charge is 2.41. The molecule has 4 aliphatic carbocycles. The fourth-order valence-electron chi connectivity index (χ4n) is 10.4. The lowest BCUT2D eigenvalue weighted by molar-refractivity contribution is 0.534. The monoisotopic (exact) mass is 741 g/mol. The number of amidine groups is 1. The van der Waals surface area contributed by atoms with E-state index in [1.54, 1.807) is 0 Å². The molecule has 4 heterocycles. The first kappa shape index (κ1) is 33.0. The Hall–Kier alpha value is -6.20. The van der Waals surface area contributed by atoms with E-state index in [2.05, 4.69) is 138 Å². The topological polar surface area (TPSA) is 54.2 Å². The zero-order valence-electron chi connectivity index (χ0n) is 32.0. The summed E-state index contributed by atoms with van der Waals surface area (Å²) in [6, 6.07) is 31.1. The van der Waals surface area contributed by atoms with Crippen LogP contribution in [0.4, 0.5) is 11.4 Å². The number of hydrogen-bond acceptors (Lipinski definition) is 5. The number of allylic oxidation sites excluding steroid dienone is 9. The van der Waals surface area contributed by atoms with E-state index >= 15 is 0 Å². The van der Waals surface area contributed by atoms with Gasteiger partial charge in [-0.25, -0.2) is 4.99 Å².